The van der Waals surface area contributed by atoms with Crippen molar-refractivity contribution >= 4 is 27.4 Å². The predicted molar refractivity (Wildman–Crippen MR) is 76.2 cm³/mol. The third-order valence-corrected chi connectivity index (χ3v) is 3.49. The molecule has 0 amide bonds. The van der Waals surface area contributed by atoms with E-state index < -0.39 is 0 Å². The fourth-order valence-corrected chi connectivity index (χ4v) is 2.18. The van der Waals surface area contributed by atoms with Crippen LogP contribution in [0, 0.1) is 27.7 Å². The second-order valence-corrected chi connectivity index (χ2v) is 5.12. The van der Waals surface area contributed by atoms with Crippen LogP contribution in [0.1, 0.15) is 22.6 Å². The summed E-state index contributed by atoms with van der Waals surface area (Å²) in [5.41, 5.74) is 4.90. The number of nitrogens with one attached hydrogen (secondary N) is 1. The lowest BCUT2D eigenvalue weighted by Gasteiger charge is -2.13. The van der Waals surface area contributed by atoms with Gasteiger partial charge >= 0.3 is 0 Å². The van der Waals surface area contributed by atoms with Crippen LogP contribution in [0.5, 0.6) is 0 Å². The molecule has 0 unspecified atom stereocenters. The van der Waals surface area contributed by atoms with Crippen molar-refractivity contribution in [2.24, 2.45) is 0 Å². The topological polar surface area (TPSA) is 50.7 Å². The molecule has 0 aliphatic carbocycles. The molecule has 18 heavy (non-hydrogen) atoms. The zero-order valence-electron chi connectivity index (χ0n) is 10.9. The van der Waals surface area contributed by atoms with Crippen molar-refractivity contribution in [2.45, 2.75) is 27.7 Å². The summed E-state index contributed by atoms with van der Waals surface area (Å²) < 4.78 is 0.938. The number of anilines is 2. The molecule has 1 N–H and O–H groups in total. The molecule has 2 heterocycles. The van der Waals surface area contributed by atoms with E-state index in [0.29, 0.717) is 0 Å². The minimum Gasteiger partial charge on any atom is -0.336 e. The fourth-order valence-electron chi connectivity index (χ4n) is 1.65. The number of nitrogens with zero attached hydrogens (tertiary/aromatic N) is 3. The molecule has 0 aliphatic rings. The van der Waals surface area contributed by atoms with Gasteiger partial charge in [0.1, 0.15) is 12.1 Å². The lowest BCUT2D eigenvalue weighted by molar-refractivity contribution is 1.05. The molecule has 2 rings (SSSR count). The Balaban J connectivity index is 2.43. The third kappa shape index (κ3) is 2.51. The molecule has 0 aromatic carbocycles. The lowest BCUT2D eigenvalue weighted by atomic mass is 10.2. The summed E-state index contributed by atoms with van der Waals surface area (Å²) in [6, 6.07) is 2.05. The average molecular weight is 307 g/mol. The Labute approximate surface area is 115 Å². The number of aromatic nitrogens is 3. The molecule has 0 saturated heterocycles. The number of rotatable bonds is 2. The fraction of sp³-hybridized carbons (Fsp3) is 0.308. The minimum atomic E-state index is 0.791. The first-order valence-electron chi connectivity index (χ1n) is 5.68. The Bertz CT molecular complexity index is 576. The van der Waals surface area contributed by atoms with Crippen LogP contribution < -0.4 is 5.32 Å². The number of aryl methyl sites for hydroxylation is 4. The molecule has 0 spiro atoms. The van der Waals surface area contributed by atoms with E-state index in [0.717, 1.165) is 38.6 Å². The molecule has 94 valence electrons. The van der Waals surface area contributed by atoms with Crippen molar-refractivity contribution in [1.29, 1.82) is 0 Å². The van der Waals surface area contributed by atoms with Crippen LogP contribution in [-0.2, 0) is 0 Å². The molecule has 0 fully saturated rings. The summed E-state index contributed by atoms with van der Waals surface area (Å²) in [5, 5.41) is 3.29. The maximum absolute atomic E-state index is 4.54. The number of pyridine rings is 1. The molecule has 5 heteroatoms. The van der Waals surface area contributed by atoms with Gasteiger partial charge in [-0.15, -0.1) is 0 Å². The highest BCUT2D eigenvalue weighted by molar-refractivity contribution is 9.10. The number of hydrogen-bond acceptors (Lipinski definition) is 4. The number of halogens is 1. The lowest BCUT2D eigenvalue weighted by Crippen LogP contribution is -2.03. The van der Waals surface area contributed by atoms with Crippen molar-refractivity contribution in [1.82, 2.24) is 15.0 Å². The van der Waals surface area contributed by atoms with Gasteiger partial charge in [0.15, 0.2) is 0 Å². The predicted octanol–water partition coefficient (Wildman–Crippen LogP) is 3.61. The van der Waals surface area contributed by atoms with E-state index in [1.54, 1.807) is 6.33 Å². The van der Waals surface area contributed by atoms with E-state index in [1.165, 1.54) is 0 Å². The Morgan fingerprint density at radius 1 is 1.00 bits per heavy atom. The molecular formula is C13H15BrN4. The van der Waals surface area contributed by atoms with Gasteiger partial charge in [-0.3, -0.25) is 0 Å². The van der Waals surface area contributed by atoms with Crippen LogP contribution in [0.3, 0.4) is 0 Å². The molecule has 2 aromatic rings. The van der Waals surface area contributed by atoms with E-state index in [9.17, 15) is 0 Å². The molecule has 4 nitrogen and oxygen atoms in total. The third-order valence-electron chi connectivity index (χ3n) is 2.89. The van der Waals surface area contributed by atoms with E-state index in [2.05, 4.69) is 42.3 Å². The van der Waals surface area contributed by atoms with Gasteiger partial charge in [0, 0.05) is 5.69 Å². The summed E-state index contributed by atoms with van der Waals surface area (Å²) >= 11 is 3.52. The Hall–Kier alpha value is -1.49. The highest BCUT2D eigenvalue weighted by Gasteiger charge is 2.09. The van der Waals surface area contributed by atoms with Crippen LogP contribution in [0.2, 0.25) is 0 Å². The smallest absolute Gasteiger partial charge is 0.145 e. The Kier molecular flexibility index (Phi) is 3.61. The van der Waals surface area contributed by atoms with Crippen LogP contribution in [0.4, 0.5) is 11.5 Å². The van der Waals surface area contributed by atoms with Gasteiger partial charge < -0.3 is 5.32 Å². The van der Waals surface area contributed by atoms with Crippen molar-refractivity contribution in [2.75, 3.05) is 5.32 Å². The van der Waals surface area contributed by atoms with Crippen molar-refractivity contribution in [3.05, 3.63) is 39.5 Å². The summed E-state index contributed by atoms with van der Waals surface area (Å²) in [6.45, 7) is 7.94. The second-order valence-electron chi connectivity index (χ2n) is 4.27. The molecule has 0 aliphatic heterocycles. The quantitative estimate of drug-likeness (QED) is 0.921. The van der Waals surface area contributed by atoms with E-state index in [-0.39, 0.29) is 0 Å². The molecule has 0 saturated carbocycles. The molecular weight excluding hydrogens is 292 g/mol. The first-order chi connectivity index (χ1) is 8.49. The molecule has 0 atom stereocenters. The monoisotopic (exact) mass is 306 g/mol. The van der Waals surface area contributed by atoms with E-state index in [1.807, 2.05) is 27.7 Å². The normalized spacial score (nSPS) is 10.5. The Morgan fingerprint density at radius 3 is 2.22 bits per heavy atom. The van der Waals surface area contributed by atoms with E-state index >= 15 is 0 Å². The zero-order chi connectivity index (χ0) is 13.3. The van der Waals surface area contributed by atoms with Crippen LogP contribution in [0.15, 0.2) is 16.9 Å². The van der Waals surface area contributed by atoms with Gasteiger partial charge in [-0.25, -0.2) is 15.0 Å². The van der Waals surface area contributed by atoms with Crippen LogP contribution in [0.25, 0.3) is 0 Å². The van der Waals surface area contributed by atoms with E-state index in [4.69, 9.17) is 0 Å². The summed E-state index contributed by atoms with van der Waals surface area (Å²) in [7, 11) is 0. The Morgan fingerprint density at radius 2 is 1.61 bits per heavy atom. The van der Waals surface area contributed by atoms with Crippen molar-refractivity contribution < 1.29 is 0 Å². The largest absolute Gasteiger partial charge is 0.336 e. The minimum absolute atomic E-state index is 0.791. The van der Waals surface area contributed by atoms with Gasteiger partial charge in [-0.05, 0) is 55.3 Å². The van der Waals surface area contributed by atoms with Gasteiger partial charge in [0.05, 0.1) is 21.5 Å². The first-order valence-corrected chi connectivity index (χ1v) is 6.47. The summed E-state index contributed by atoms with van der Waals surface area (Å²) in [5.74, 6) is 0.791. The maximum atomic E-state index is 4.54. The molecule has 2 aromatic heterocycles. The van der Waals surface area contributed by atoms with Crippen LogP contribution in [-0.4, -0.2) is 15.0 Å². The van der Waals surface area contributed by atoms with Gasteiger partial charge in [-0.2, -0.15) is 0 Å². The maximum Gasteiger partial charge on any atom is 0.145 e. The highest BCUT2D eigenvalue weighted by Crippen LogP contribution is 2.27. The summed E-state index contributed by atoms with van der Waals surface area (Å²) in [4.78, 5) is 12.9. The summed E-state index contributed by atoms with van der Waals surface area (Å²) in [6.07, 6.45) is 1.57. The van der Waals surface area contributed by atoms with Gasteiger partial charge in [0.2, 0.25) is 0 Å². The molecule has 0 bridgehead atoms. The SMILES string of the molecule is Cc1cc(Br)c(Nc2c(C)ncnc2C)nc1C. The average Bonchev–Trinajstić information content (AvgIpc) is 2.30. The van der Waals surface area contributed by atoms with Gasteiger partial charge in [0.25, 0.3) is 0 Å². The van der Waals surface area contributed by atoms with Gasteiger partial charge in [-0.1, -0.05) is 0 Å². The zero-order valence-corrected chi connectivity index (χ0v) is 12.5. The molecule has 0 radical (unpaired) electrons. The highest BCUT2D eigenvalue weighted by atomic mass is 79.9. The van der Waals surface area contributed by atoms with Crippen LogP contribution >= 0.6 is 15.9 Å². The second kappa shape index (κ2) is 5.02. The van der Waals surface area contributed by atoms with Crippen molar-refractivity contribution in [3.63, 3.8) is 0 Å². The van der Waals surface area contributed by atoms with Crippen molar-refractivity contribution in [3.8, 4) is 0 Å². The standard InChI is InChI=1S/C13H15BrN4/c1-7-5-11(14)13(17-8(7)2)18-12-9(3)15-6-16-10(12)4/h5-6H,1-4H3,(H,17,18). The first kappa shape index (κ1) is 13.0. The number of hydrogen-bond donors (Lipinski definition) is 1.